The van der Waals surface area contributed by atoms with Crippen molar-refractivity contribution in [1.29, 1.82) is 0 Å². The van der Waals surface area contributed by atoms with Gasteiger partial charge in [-0.1, -0.05) is 0 Å². The van der Waals surface area contributed by atoms with Crippen molar-refractivity contribution < 1.29 is 49.7 Å². The van der Waals surface area contributed by atoms with Gasteiger partial charge in [0.05, 0.1) is 26.4 Å². The zero-order valence-electron chi connectivity index (χ0n) is 12.7. The number of hydrogen-bond acceptors (Lipinski definition) is 4. The lowest BCUT2D eigenvalue weighted by Crippen LogP contribution is -2.54. The van der Waals surface area contributed by atoms with E-state index in [1.807, 2.05) is 0 Å². The van der Waals surface area contributed by atoms with Crippen LogP contribution in [-0.4, -0.2) is 64.0 Å². The first-order valence-corrected chi connectivity index (χ1v) is 7.29. The Labute approximate surface area is 134 Å². The summed E-state index contributed by atoms with van der Waals surface area (Å²) in [5, 5.41) is 0. The molecule has 0 aromatic heterocycles. The van der Waals surface area contributed by atoms with E-state index < -0.39 is 31.2 Å². The lowest BCUT2D eigenvalue weighted by atomic mass is 10.2. The maximum absolute atomic E-state index is 12.9. The van der Waals surface area contributed by atoms with Crippen molar-refractivity contribution >= 4 is 0 Å². The van der Waals surface area contributed by atoms with E-state index in [9.17, 15) is 30.7 Å². The third-order valence-corrected chi connectivity index (χ3v) is 3.14. The maximum atomic E-state index is 12.9. The molecule has 1 aliphatic heterocycles. The fraction of sp³-hybridized carbons (Fsp3) is 1.00. The number of alkyl halides is 7. The zero-order valence-corrected chi connectivity index (χ0v) is 12.7. The molecule has 0 saturated carbocycles. The molecule has 1 atom stereocenters. The van der Waals surface area contributed by atoms with Crippen molar-refractivity contribution in [2.45, 2.75) is 43.6 Å². The Morgan fingerprint density at radius 3 is 2.04 bits per heavy atom. The molecule has 1 fully saturated rings. The minimum Gasteiger partial charge on any atom is -0.377 e. The van der Waals surface area contributed by atoms with E-state index in [0.717, 1.165) is 19.3 Å². The quantitative estimate of drug-likeness (QED) is 0.435. The molecule has 1 saturated heterocycles. The van der Waals surface area contributed by atoms with Gasteiger partial charge in [0.15, 0.2) is 6.29 Å². The van der Waals surface area contributed by atoms with Crippen LogP contribution in [0.4, 0.5) is 30.7 Å². The van der Waals surface area contributed by atoms with E-state index in [4.69, 9.17) is 14.2 Å². The molecule has 0 aromatic carbocycles. The summed E-state index contributed by atoms with van der Waals surface area (Å²) >= 11 is 0. The summed E-state index contributed by atoms with van der Waals surface area (Å²) in [7, 11) is 0. The Kier molecular flexibility index (Phi) is 8.16. The van der Waals surface area contributed by atoms with Gasteiger partial charge in [-0.15, -0.1) is 0 Å². The van der Waals surface area contributed by atoms with E-state index in [-0.39, 0.29) is 26.1 Å². The summed E-state index contributed by atoms with van der Waals surface area (Å²) in [5.74, 6) is -11.5. The minimum atomic E-state index is -6.35. The van der Waals surface area contributed by atoms with E-state index in [1.54, 1.807) is 0 Å². The summed E-state index contributed by atoms with van der Waals surface area (Å²) in [6.45, 7) is -2.00. The van der Waals surface area contributed by atoms with Gasteiger partial charge in [0.2, 0.25) is 0 Å². The maximum Gasteiger partial charge on any atom is 0.459 e. The minimum absolute atomic E-state index is 0.0817. The van der Waals surface area contributed by atoms with Crippen LogP contribution in [0, 0.1) is 0 Å². The van der Waals surface area contributed by atoms with Gasteiger partial charge in [-0.2, -0.15) is 30.7 Å². The fourth-order valence-corrected chi connectivity index (χ4v) is 1.80. The van der Waals surface area contributed by atoms with E-state index in [2.05, 4.69) is 4.74 Å². The molecule has 1 rings (SSSR count). The molecule has 0 aliphatic carbocycles. The third kappa shape index (κ3) is 6.34. The summed E-state index contributed by atoms with van der Waals surface area (Å²) in [5.41, 5.74) is 0. The molecular weight excluding hydrogens is 353 g/mol. The van der Waals surface area contributed by atoms with E-state index >= 15 is 0 Å². The van der Waals surface area contributed by atoms with Gasteiger partial charge >= 0.3 is 18.0 Å². The van der Waals surface area contributed by atoms with Crippen molar-refractivity contribution in [3.63, 3.8) is 0 Å². The van der Waals surface area contributed by atoms with Crippen molar-refractivity contribution in [1.82, 2.24) is 0 Å². The van der Waals surface area contributed by atoms with Crippen LogP contribution in [-0.2, 0) is 18.9 Å². The Hall–Kier alpha value is -0.650. The van der Waals surface area contributed by atoms with E-state index in [1.165, 1.54) is 0 Å². The average Bonchev–Trinajstić information content (AvgIpc) is 2.49. The lowest BCUT2D eigenvalue weighted by molar-refractivity contribution is -0.361. The molecule has 1 heterocycles. The predicted molar refractivity (Wildman–Crippen MR) is 67.1 cm³/mol. The second-order valence-corrected chi connectivity index (χ2v) is 5.11. The van der Waals surface area contributed by atoms with Gasteiger partial charge in [0.1, 0.15) is 6.61 Å². The Morgan fingerprint density at radius 2 is 1.46 bits per heavy atom. The molecule has 0 aromatic rings. The van der Waals surface area contributed by atoms with Crippen LogP contribution in [0.1, 0.15) is 19.3 Å². The molecule has 1 unspecified atom stereocenters. The molecule has 4 nitrogen and oxygen atoms in total. The van der Waals surface area contributed by atoms with Crippen molar-refractivity contribution in [2.24, 2.45) is 0 Å². The van der Waals surface area contributed by atoms with Gasteiger partial charge < -0.3 is 18.9 Å². The summed E-state index contributed by atoms with van der Waals surface area (Å²) in [4.78, 5) is 0. The van der Waals surface area contributed by atoms with Gasteiger partial charge in [-0.05, 0) is 19.3 Å². The molecule has 0 amide bonds. The monoisotopic (exact) mass is 372 g/mol. The summed E-state index contributed by atoms with van der Waals surface area (Å²) in [6, 6.07) is 0. The molecule has 11 heteroatoms. The highest BCUT2D eigenvalue weighted by Crippen LogP contribution is 2.46. The van der Waals surface area contributed by atoms with Crippen molar-refractivity contribution in [3.05, 3.63) is 0 Å². The molecule has 1 aliphatic rings. The molecule has 0 bridgehead atoms. The normalized spacial score (nSPS) is 20.4. The molecule has 0 spiro atoms. The first-order valence-electron chi connectivity index (χ1n) is 7.29. The number of halogens is 7. The van der Waals surface area contributed by atoms with Crippen LogP contribution in [0.2, 0.25) is 0 Å². The summed E-state index contributed by atoms with van der Waals surface area (Å²) in [6.07, 6.45) is -3.97. The first-order chi connectivity index (χ1) is 11.1. The highest BCUT2D eigenvalue weighted by molar-refractivity contribution is 4.90. The Balaban J connectivity index is 2.08. The number of ether oxygens (including phenoxy) is 4. The lowest BCUT2D eigenvalue weighted by Gasteiger charge is -2.27. The molecule has 24 heavy (non-hydrogen) atoms. The summed E-state index contributed by atoms with van der Waals surface area (Å²) < 4.78 is 106. The van der Waals surface area contributed by atoms with Gasteiger partial charge in [-0.25, -0.2) is 0 Å². The number of hydrogen-bond donors (Lipinski definition) is 0. The van der Waals surface area contributed by atoms with Crippen LogP contribution in [0.3, 0.4) is 0 Å². The molecule has 0 radical (unpaired) electrons. The first kappa shape index (κ1) is 21.4. The Bertz CT molecular complexity index is 357. The van der Waals surface area contributed by atoms with Crippen LogP contribution in [0.5, 0.6) is 0 Å². The molecule has 0 N–H and O–H groups in total. The topological polar surface area (TPSA) is 36.9 Å². The second-order valence-electron chi connectivity index (χ2n) is 5.11. The predicted octanol–water partition coefficient (Wildman–Crippen LogP) is 3.40. The van der Waals surface area contributed by atoms with Gasteiger partial charge in [0.25, 0.3) is 0 Å². The highest BCUT2D eigenvalue weighted by atomic mass is 19.4. The van der Waals surface area contributed by atoms with Crippen LogP contribution in [0.15, 0.2) is 0 Å². The van der Waals surface area contributed by atoms with E-state index in [0.29, 0.717) is 6.61 Å². The zero-order chi connectivity index (χ0) is 18.3. The van der Waals surface area contributed by atoms with Crippen LogP contribution in [0.25, 0.3) is 0 Å². The average molecular weight is 372 g/mol. The van der Waals surface area contributed by atoms with Gasteiger partial charge in [-0.3, -0.25) is 0 Å². The second kappa shape index (κ2) is 9.16. The van der Waals surface area contributed by atoms with Crippen molar-refractivity contribution in [2.75, 3.05) is 39.6 Å². The highest BCUT2D eigenvalue weighted by Gasteiger charge is 2.72. The molecular formula is C13H19F7O4. The van der Waals surface area contributed by atoms with Gasteiger partial charge in [0, 0.05) is 6.61 Å². The SMILES string of the molecule is FC(F)(F)C(F)(F)C(F)(F)COCCOCCOC1CCCCO1. The smallest absolute Gasteiger partial charge is 0.377 e. The van der Waals surface area contributed by atoms with Crippen molar-refractivity contribution in [3.8, 4) is 0 Å². The standard InChI is InChI=1S/C13H19F7O4/c14-11(15,12(16,17)13(18,19)20)9-22-6-5-21-7-8-24-10-3-1-2-4-23-10/h10H,1-9H2. The van der Waals surface area contributed by atoms with Crippen LogP contribution < -0.4 is 0 Å². The number of rotatable bonds is 10. The largest absolute Gasteiger partial charge is 0.459 e. The Morgan fingerprint density at radius 1 is 0.833 bits per heavy atom. The third-order valence-electron chi connectivity index (χ3n) is 3.14. The molecule has 144 valence electrons. The van der Waals surface area contributed by atoms with Crippen LogP contribution >= 0.6 is 0 Å². The fourth-order valence-electron chi connectivity index (χ4n) is 1.80.